The van der Waals surface area contributed by atoms with Gasteiger partial charge in [-0.15, -0.1) is 0 Å². The molecular weight excluding hydrogens is 312 g/mol. The van der Waals surface area contributed by atoms with Crippen molar-refractivity contribution in [3.05, 3.63) is 71.3 Å². The highest BCUT2D eigenvalue weighted by atomic mass is 32.2. The zero-order chi connectivity index (χ0) is 15.8. The number of hydrogen-bond donors (Lipinski definition) is 0. The van der Waals surface area contributed by atoms with Crippen LogP contribution >= 0.6 is 11.8 Å². The SMILES string of the molecule is Fc1ccc2c(c1)CCc1cc(F)ccc1N2[C@@H]1C=CCSC1. The molecule has 0 saturated heterocycles. The molecule has 1 atom stereocenters. The van der Waals surface area contributed by atoms with Crippen molar-refractivity contribution in [2.75, 3.05) is 16.4 Å². The maximum Gasteiger partial charge on any atom is 0.123 e. The summed E-state index contributed by atoms with van der Waals surface area (Å²) in [5.74, 6) is 1.57. The lowest BCUT2D eigenvalue weighted by atomic mass is 10.0. The van der Waals surface area contributed by atoms with Gasteiger partial charge in [0.1, 0.15) is 11.6 Å². The van der Waals surface area contributed by atoms with Crippen molar-refractivity contribution >= 4 is 23.1 Å². The molecule has 0 radical (unpaired) electrons. The second-order valence-electron chi connectivity index (χ2n) is 5.95. The molecule has 1 nitrogen and oxygen atoms in total. The maximum atomic E-state index is 13.7. The molecular formula is C19H17F2NS. The molecule has 4 rings (SSSR count). The predicted molar refractivity (Wildman–Crippen MR) is 92.6 cm³/mol. The number of halogens is 2. The van der Waals surface area contributed by atoms with E-state index in [1.165, 1.54) is 12.1 Å². The molecule has 23 heavy (non-hydrogen) atoms. The smallest absolute Gasteiger partial charge is 0.123 e. The van der Waals surface area contributed by atoms with Crippen molar-refractivity contribution in [2.45, 2.75) is 18.9 Å². The Morgan fingerprint density at radius 1 is 0.913 bits per heavy atom. The third-order valence-electron chi connectivity index (χ3n) is 4.46. The third-order valence-corrected chi connectivity index (χ3v) is 5.46. The molecule has 0 spiro atoms. The minimum atomic E-state index is -0.214. The van der Waals surface area contributed by atoms with E-state index in [4.69, 9.17) is 0 Å². The summed E-state index contributed by atoms with van der Waals surface area (Å²) in [6, 6.07) is 10.2. The largest absolute Gasteiger partial charge is 0.333 e. The number of anilines is 2. The van der Waals surface area contributed by atoms with Gasteiger partial charge in [-0.2, -0.15) is 11.8 Å². The van der Waals surface area contributed by atoms with E-state index in [2.05, 4.69) is 17.1 Å². The minimum absolute atomic E-state index is 0.209. The van der Waals surface area contributed by atoms with Crippen LogP contribution < -0.4 is 4.90 Å². The van der Waals surface area contributed by atoms with Gasteiger partial charge >= 0.3 is 0 Å². The molecule has 0 bridgehead atoms. The zero-order valence-electron chi connectivity index (χ0n) is 12.6. The highest BCUT2D eigenvalue weighted by Gasteiger charge is 2.27. The first-order valence-corrected chi connectivity index (χ1v) is 8.98. The van der Waals surface area contributed by atoms with E-state index in [-0.39, 0.29) is 17.7 Å². The Hall–Kier alpha value is -1.81. The molecule has 2 heterocycles. The molecule has 0 saturated carbocycles. The normalized spacial score (nSPS) is 19.9. The molecule has 0 aliphatic carbocycles. The first-order valence-electron chi connectivity index (χ1n) is 7.83. The van der Waals surface area contributed by atoms with E-state index in [1.54, 1.807) is 12.1 Å². The highest BCUT2D eigenvalue weighted by Crippen LogP contribution is 2.39. The van der Waals surface area contributed by atoms with Gasteiger partial charge < -0.3 is 4.90 Å². The summed E-state index contributed by atoms with van der Waals surface area (Å²) in [5, 5.41) is 0. The fraction of sp³-hybridized carbons (Fsp3) is 0.263. The van der Waals surface area contributed by atoms with Gasteiger partial charge in [-0.1, -0.05) is 12.2 Å². The fourth-order valence-electron chi connectivity index (χ4n) is 3.42. The van der Waals surface area contributed by atoms with Gasteiger partial charge in [0.15, 0.2) is 0 Å². The van der Waals surface area contributed by atoms with Crippen LogP contribution in [0.5, 0.6) is 0 Å². The topological polar surface area (TPSA) is 3.24 Å². The second kappa shape index (κ2) is 6.00. The molecule has 118 valence electrons. The van der Waals surface area contributed by atoms with Crippen LogP contribution in [0.4, 0.5) is 20.2 Å². The number of fused-ring (bicyclic) bond motifs is 2. The van der Waals surface area contributed by atoms with Crippen LogP contribution in [0, 0.1) is 11.6 Å². The van der Waals surface area contributed by atoms with Gasteiger partial charge in [0.2, 0.25) is 0 Å². The number of nitrogens with zero attached hydrogens (tertiary/aromatic N) is 1. The van der Waals surface area contributed by atoms with E-state index in [1.807, 2.05) is 23.9 Å². The number of thioether (sulfide) groups is 1. The lowest BCUT2D eigenvalue weighted by Gasteiger charge is -2.34. The van der Waals surface area contributed by atoms with Gasteiger partial charge in [0, 0.05) is 22.9 Å². The quantitative estimate of drug-likeness (QED) is 0.687. The van der Waals surface area contributed by atoms with Crippen molar-refractivity contribution in [2.24, 2.45) is 0 Å². The summed E-state index contributed by atoms with van der Waals surface area (Å²) in [4.78, 5) is 2.25. The molecule has 4 heteroatoms. The Morgan fingerprint density at radius 3 is 2.04 bits per heavy atom. The third kappa shape index (κ3) is 2.76. The molecule has 0 N–H and O–H groups in total. The maximum absolute atomic E-state index is 13.7. The standard InChI is InChI=1S/C19H17F2NS/c20-15-5-7-18-13(10-15)3-4-14-11-16(21)6-8-19(14)22(18)17-2-1-9-23-12-17/h1-2,5-8,10-11,17H,3-4,9,12H2/t17-/m1/s1. The van der Waals surface area contributed by atoms with Crippen molar-refractivity contribution < 1.29 is 8.78 Å². The molecule has 2 aliphatic heterocycles. The number of hydrogen-bond acceptors (Lipinski definition) is 2. The molecule has 0 fully saturated rings. The average Bonchev–Trinajstić information content (AvgIpc) is 2.72. The van der Waals surface area contributed by atoms with Crippen LogP contribution in [0.25, 0.3) is 0 Å². The summed E-state index contributed by atoms with van der Waals surface area (Å²) in [5.41, 5.74) is 4.05. The lowest BCUT2D eigenvalue weighted by molar-refractivity contribution is 0.623. The molecule has 2 aromatic carbocycles. The summed E-state index contributed by atoms with van der Waals surface area (Å²) in [7, 11) is 0. The highest BCUT2D eigenvalue weighted by molar-refractivity contribution is 7.99. The summed E-state index contributed by atoms with van der Waals surface area (Å²) in [6.07, 6.45) is 5.84. The number of benzene rings is 2. The van der Waals surface area contributed by atoms with Crippen LogP contribution in [0.2, 0.25) is 0 Å². The van der Waals surface area contributed by atoms with Gasteiger partial charge in [-0.3, -0.25) is 0 Å². The molecule has 0 unspecified atom stereocenters. The van der Waals surface area contributed by atoms with Gasteiger partial charge in [-0.25, -0.2) is 8.78 Å². The van der Waals surface area contributed by atoms with Crippen molar-refractivity contribution in [1.82, 2.24) is 0 Å². The van der Waals surface area contributed by atoms with Crippen LogP contribution in [0.15, 0.2) is 48.6 Å². The Bertz CT molecular complexity index is 718. The van der Waals surface area contributed by atoms with Crippen molar-refractivity contribution in [1.29, 1.82) is 0 Å². The molecule has 0 aromatic heterocycles. The minimum Gasteiger partial charge on any atom is -0.333 e. The van der Waals surface area contributed by atoms with E-state index in [0.29, 0.717) is 0 Å². The second-order valence-corrected chi connectivity index (χ2v) is 7.02. The van der Waals surface area contributed by atoms with Crippen LogP contribution in [-0.2, 0) is 12.8 Å². The lowest BCUT2D eigenvalue weighted by Crippen LogP contribution is -2.33. The fourth-order valence-corrected chi connectivity index (χ4v) is 4.31. The van der Waals surface area contributed by atoms with E-state index >= 15 is 0 Å². The van der Waals surface area contributed by atoms with Crippen LogP contribution in [0.1, 0.15) is 11.1 Å². The van der Waals surface area contributed by atoms with E-state index in [0.717, 1.165) is 46.8 Å². The van der Waals surface area contributed by atoms with Gasteiger partial charge in [0.25, 0.3) is 0 Å². The summed E-state index contributed by atoms with van der Waals surface area (Å²) < 4.78 is 27.4. The summed E-state index contributed by atoms with van der Waals surface area (Å²) in [6.45, 7) is 0. The number of rotatable bonds is 1. The average molecular weight is 329 g/mol. The molecule has 0 amide bonds. The first-order chi connectivity index (χ1) is 11.2. The van der Waals surface area contributed by atoms with Crippen LogP contribution in [0.3, 0.4) is 0 Å². The Labute approximate surface area is 139 Å². The predicted octanol–water partition coefficient (Wildman–Crippen LogP) is 4.87. The van der Waals surface area contributed by atoms with Gasteiger partial charge in [-0.05, 0) is 60.4 Å². The van der Waals surface area contributed by atoms with E-state index < -0.39 is 0 Å². The number of aryl methyl sites for hydroxylation is 2. The molecule has 2 aromatic rings. The monoisotopic (exact) mass is 329 g/mol. The Balaban J connectivity index is 1.90. The summed E-state index contributed by atoms with van der Waals surface area (Å²) >= 11 is 1.88. The Kier molecular flexibility index (Phi) is 3.85. The van der Waals surface area contributed by atoms with E-state index in [9.17, 15) is 8.78 Å². The van der Waals surface area contributed by atoms with Crippen molar-refractivity contribution in [3.8, 4) is 0 Å². The first kappa shape index (κ1) is 14.8. The van der Waals surface area contributed by atoms with Crippen molar-refractivity contribution in [3.63, 3.8) is 0 Å². The van der Waals surface area contributed by atoms with Gasteiger partial charge in [0.05, 0.1) is 6.04 Å². The van der Waals surface area contributed by atoms with Crippen LogP contribution in [-0.4, -0.2) is 17.5 Å². The Morgan fingerprint density at radius 2 is 1.52 bits per heavy atom. The molecule has 2 aliphatic rings. The zero-order valence-corrected chi connectivity index (χ0v) is 13.5.